The van der Waals surface area contributed by atoms with E-state index >= 15 is 0 Å². The van der Waals surface area contributed by atoms with Crippen molar-refractivity contribution in [1.82, 2.24) is 10.3 Å². The molecule has 36 heavy (non-hydrogen) atoms. The predicted molar refractivity (Wildman–Crippen MR) is 156 cm³/mol. The van der Waals surface area contributed by atoms with Crippen molar-refractivity contribution in [1.29, 1.82) is 0 Å². The van der Waals surface area contributed by atoms with Crippen molar-refractivity contribution in [3.63, 3.8) is 0 Å². The normalized spacial score (nSPS) is 12.4. The van der Waals surface area contributed by atoms with Gasteiger partial charge in [0.25, 0.3) is 0 Å². The summed E-state index contributed by atoms with van der Waals surface area (Å²) in [6, 6.07) is 25.8. The Bertz CT molecular complexity index is 1350. The zero-order chi connectivity index (χ0) is 25.9. The second-order valence-electron chi connectivity index (χ2n) is 11.2. The fourth-order valence-electron chi connectivity index (χ4n) is 4.58. The second kappa shape index (κ2) is 10.8. The van der Waals surface area contributed by atoms with E-state index in [0.29, 0.717) is 11.8 Å². The van der Waals surface area contributed by atoms with Gasteiger partial charge in [0.15, 0.2) is 0 Å². The molecule has 0 aliphatic carbocycles. The van der Waals surface area contributed by atoms with Gasteiger partial charge in [-0.05, 0) is 72.2 Å². The van der Waals surface area contributed by atoms with Gasteiger partial charge in [0.1, 0.15) is 0 Å². The monoisotopic (exact) mass is 477 g/mol. The SMILES string of the molecule is CC(C)c1cccc(C(C)C)c1/N=C\c1cccc(-c2c(CNC(C)(C)C)ccc3ccccc23)n1. The van der Waals surface area contributed by atoms with Gasteiger partial charge in [0.05, 0.1) is 23.3 Å². The molecular formula is C33H39N3. The maximum absolute atomic E-state index is 5.09. The molecule has 4 aromatic rings. The molecule has 1 aromatic heterocycles. The van der Waals surface area contributed by atoms with Gasteiger partial charge in [-0.1, -0.05) is 88.4 Å². The zero-order valence-corrected chi connectivity index (χ0v) is 22.8. The van der Waals surface area contributed by atoms with E-state index in [1.165, 1.54) is 33.0 Å². The molecule has 0 saturated heterocycles. The van der Waals surface area contributed by atoms with E-state index in [0.717, 1.165) is 23.6 Å². The van der Waals surface area contributed by atoms with Crippen molar-refractivity contribution in [3.8, 4) is 11.3 Å². The van der Waals surface area contributed by atoms with Gasteiger partial charge in [-0.2, -0.15) is 0 Å². The number of para-hydroxylation sites is 1. The number of hydrogen-bond donors (Lipinski definition) is 1. The van der Waals surface area contributed by atoms with Crippen LogP contribution in [0.15, 0.2) is 77.8 Å². The van der Waals surface area contributed by atoms with Gasteiger partial charge in [-0.25, -0.2) is 4.98 Å². The number of pyridine rings is 1. The largest absolute Gasteiger partial charge is 0.308 e. The standard InChI is InChI=1S/C33H39N3/c1-22(2)27-15-11-16-28(23(3)4)32(27)34-21-26-13-10-17-30(36-26)31-25(20-35-33(5,6)7)19-18-24-12-8-9-14-29(24)31/h8-19,21-23,35H,20H2,1-7H3/b34-21-. The van der Waals surface area contributed by atoms with Crippen LogP contribution < -0.4 is 5.32 Å². The Morgan fingerprint density at radius 3 is 2.14 bits per heavy atom. The molecule has 0 fully saturated rings. The first-order chi connectivity index (χ1) is 17.1. The lowest BCUT2D eigenvalue weighted by atomic mass is 9.93. The Balaban J connectivity index is 1.79. The van der Waals surface area contributed by atoms with Gasteiger partial charge in [0, 0.05) is 17.6 Å². The summed E-state index contributed by atoms with van der Waals surface area (Å²) >= 11 is 0. The van der Waals surface area contributed by atoms with Crippen LogP contribution in [-0.2, 0) is 6.54 Å². The molecule has 3 aromatic carbocycles. The molecular weight excluding hydrogens is 438 g/mol. The van der Waals surface area contributed by atoms with Crippen molar-refractivity contribution in [2.24, 2.45) is 4.99 Å². The Morgan fingerprint density at radius 1 is 0.806 bits per heavy atom. The van der Waals surface area contributed by atoms with Crippen molar-refractivity contribution < 1.29 is 0 Å². The molecule has 0 atom stereocenters. The summed E-state index contributed by atoms with van der Waals surface area (Å²) in [4.78, 5) is 10.1. The minimum absolute atomic E-state index is 0.0305. The quantitative estimate of drug-likeness (QED) is 0.270. The van der Waals surface area contributed by atoms with E-state index < -0.39 is 0 Å². The van der Waals surface area contributed by atoms with E-state index in [9.17, 15) is 0 Å². The number of fused-ring (bicyclic) bond motifs is 1. The fourth-order valence-corrected chi connectivity index (χ4v) is 4.58. The summed E-state index contributed by atoms with van der Waals surface area (Å²) in [5.74, 6) is 0.812. The third-order valence-electron chi connectivity index (χ3n) is 6.52. The van der Waals surface area contributed by atoms with Crippen LogP contribution in [0, 0.1) is 0 Å². The molecule has 1 N–H and O–H groups in total. The summed E-state index contributed by atoms with van der Waals surface area (Å²) in [5.41, 5.74) is 7.93. The zero-order valence-electron chi connectivity index (χ0n) is 22.8. The maximum atomic E-state index is 5.09. The number of aromatic nitrogens is 1. The van der Waals surface area contributed by atoms with Gasteiger partial charge in [-0.15, -0.1) is 0 Å². The molecule has 0 aliphatic heterocycles. The number of hydrogen-bond acceptors (Lipinski definition) is 3. The van der Waals surface area contributed by atoms with Crippen LogP contribution >= 0.6 is 0 Å². The number of benzene rings is 3. The molecule has 3 nitrogen and oxygen atoms in total. The molecule has 0 amide bonds. The summed E-state index contributed by atoms with van der Waals surface area (Å²) in [5, 5.41) is 6.10. The van der Waals surface area contributed by atoms with Gasteiger partial charge in [-0.3, -0.25) is 4.99 Å². The van der Waals surface area contributed by atoms with E-state index in [1.807, 2.05) is 12.3 Å². The molecule has 0 spiro atoms. The Labute approximate surface area is 216 Å². The van der Waals surface area contributed by atoms with Gasteiger partial charge >= 0.3 is 0 Å². The van der Waals surface area contributed by atoms with Crippen molar-refractivity contribution in [2.45, 2.75) is 72.4 Å². The van der Waals surface area contributed by atoms with E-state index in [4.69, 9.17) is 9.98 Å². The average Bonchev–Trinajstić information content (AvgIpc) is 2.85. The molecule has 0 radical (unpaired) electrons. The van der Waals surface area contributed by atoms with Crippen molar-refractivity contribution in [3.05, 3.63) is 95.2 Å². The highest BCUT2D eigenvalue weighted by molar-refractivity contribution is 5.98. The molecule has 1 heterocycles. The molecule has 0 saturated carbocycles. The third kappa shape index (κ3) is 5.91. The average molecular weight is 478 g/mol. The van der Waals surface area contributed by atoms with Crippen LogP contribution in [0.2, 0.25) is 0 Å². The molecule has 4 rings (SSSR count). The Morgan fingerprint density at radius 2 is 1.47 bits per heavy atom. The molecule has 0 aliphatic rings. The summed E-state index contributed by atoms with van der Waals surface area (Å²) < 4.78 is 0. The first-order valence-corrected chi connectivity index (χ1v) is 13.0. The first kappa shape index (κ1) is 25.8. The first-order valence-electron chi connectivity index (χ1n) is 13.0. The topological polar surface area (TPSA) is 37.3 Å². The minimum atomic E-state index is 0.0305. The van der Waals surface area contributed by atoms with Crippen LogP contribution in [0.4, 0.5) is 5.69 Å². The molecule has 0 bridgehead atoms. The Hall–Kier alpha value is -3.30. The lowest BCUT2D eigenvalue weighted by Gasteiger charge is -2.22. The lowest BCUT2D eigenvalue weighted by Crippen LogP contribution is -2.35. The summed E-state index contributed by atoms with van der Waals surface area (Å²) in [6.07, 6.45) is 1.93. The third-order valence-corrected chi connectivity index (χ3v) is 6.52. The highest BCUT2D eigenvalue weighted by Gasteiger charge is 2.16. The smallest absolute Gasteiger partial charge is 0.0820 e. The summed E-state index contributed by atoms with van der Waals surface area (Å²) in [7, 11) is 0. The maximum Gasteiger partial charge on any atom is 0.0820 e. The van der Waals surface area contributed by atoms with E-state index in [1.54, 1.807) is 0 Å². The van der Waals surface area contributed by atoms with Crippen LogP contribution in [0.5, 0.6) is 0 Å². The van der Waals surface area contributed by atoms with Crippen LogP contribution in [-0.4, -0.2) is 16.7 Å². The van der Waals surface area contributed by atoms with Crippen LogP contribution in [0.3, 0.4) is 0 Å². The fraction of sp³-hybridized carbons (Fsp3) is 0.333. The highest BCUT2D eigenvalue weighted by atomic mass is 14.9. The number of aliphatic imine (C=N–C) groups is 1. The molecule has 186 valence electrons. The lowest BCUT2D eigenvalue weighted by molar-refractivity contribution is 0.424. The number of rotatable bonds is 7. The predicted octanol–water partition coefficient (Wildman–Crippen LogP) is 8.79. The van der Waals surface area contributed by atoms with E-state index in [-0.39, 0.29) is 5.54 Å². The van der Waals surface area contributed by atoms with Crippen molar-refractivity contribution in [2.75, 3.05) is 0 Å². The van der Waals surface area contributed by atoms with Crippen molar-refractivity contribution >= 4 is 22.7 Å². The Kier molecular flexibility index (Phi) is 7.70. The molecule has 0 unspecified atom stereocenters. The second-order valence-corrected chi connectivity index (χ2v) is 11.2. The van der Waals surface area contributed by atoms with Gasteiger partial charge < -0.3 is 5.32 Å². The summed E-state index contributed by atoms with van der Waals surface area (Å²) in [6.45, 7) is 16.3. The number of nitrogens with zero attached hydrogens (tertiary/aromatic N) is 2. The minimum Gasteiger partial charge on any atom is -0.308 e. The van der Waals surface area contributed by atoms with Crippen LogP contribution in [0.25, 0.3) is 22.0 Å². The molecule has 3 heteroatoms. The van der Waals surface area contributed by atoms with Gasteiger partial charge in [0.2, 0.25) is 0 Å². The van der Waals surface area contributed by atoms with E-state index in [2.05, 4.69) is 121 Å². The van der Waals surface area contributed by atoms with Crippen LogP contribution in [0.1, 0.15) is 82.7 Å². The highest BCUT2D eigenvalue weighted by Crippen LogP contribution is 2.35. The number of nitrogens with one attached hydrogen (secondary N) is 1.